The van der Waals surface area contributed by atoms with E-state index in [0.717, 1.165) is 58.5 Å². The average Bonchev–Trinajstić information content (AvgIpc) is 3.54. The second-order valence-electron chi connectivity index (χ2n) is 21.2. The number of likely N-dealkylation sites (tertiary alicyclic amines) is 2. The zero-order valence-corrected chi connectivity index (χ0v) is 42.6. The molecule has 2 aliphatic heterocycles. The molecule has 16 heteroatoms. The molecule has 3 fully saturated rings. The number of benzene rings is 2. The minimum Gasteiger partial charge on any atom is -0.391 e. The predicted molar refractivity (Wildman–Crippen MR) is 266 cm³/mol. The molecule has 3 heterocycles. The Hall–Kier alpha value is -5.19. The van der Waals surface area contributed by atoms with Gasteiger partial charge in [0.25, 0.3) is 0 Å². The number of thiazole rings is 1. The highest BCUT2D eigenvalue weighted by Crippen LogP contribution is 2.50. The van der Waals surface area contributed by atoms with Crippen LogP contribution >= 0.6 is 11.3 Å². The van der Waals surface area contributed by atoms with Crippen LogP contribution in [0.25, 0.3) is 10.4 Å². The molecule has 0 unspecified atom stereocenters. The largest absolute Gasteiger partial charge is 0.391 e. The average molecular weight is 970 g/mol. The third-order valence-corrected chi connectivity index (χ3v) is 14.9. The van der Waals surface area contributed by atoms with Crippen molar-refractivity contribution in [3.05, 3.63) is 76.4 Å². The Bertz CT molecular complexity index is 2260. The number of ether oxygens (including phenoxy) is 1. The van der Waals surface area contributed by atoms with E-state index in [4.69, 9.17) is 10.5 Å². The summed E-state index contributed by atoms with van der Waals surface area (Å²) in [4.78, 5) is 88.6. The lowest BCUT2D eigenvalue weighted by molar-refractivity contribution is -0.144. The van der Waals surface area contributed by atoms with Gasteiger partial charge in [-0.1, -0.05) is 90.1 Å². The Kier molecular flexibility index (Phi) is 18.2. The summed E-state index contributed by atoms with van der Waals surface area (Å²) in [6.07, 6.45) is 3.23. The zero-order chi connectivity index (χ0) is 50.2. The molecule has 9 atom stereocenters. The number of nitrogens with zero attached hydrogens (tertiary/aromatic N) is 3. The molecule has 1 aromatic heterocycles. The van der Waals surface area contributed by atoms with Crippen LogP contribution in [0, 0.1) is 36.0 Å². The lowest BCUT2D eigenvalue weighted by Crippen LogP contribution is -2.57. The predicted octanol–water partition coefficient (Wildman–Crippen LogP) is 5.82. The maximum Gasteiger partial charge on any atom is 0.246 e. The summed E-state index contributed by atoms with van der Waals surface area (Å²) in [6, 6.07) is 13.2. The highest BCUT2D eigenvalue weighted by molar-refractivity contribution is 7.13. The van der Waals surface area contributed by atoms with E-state index in [0.29, 0.717) is 31.2 Å². The molecule has 69 heavy (non-hydrogen) atoms. The summed E-state index contributed by atoms with van der Waals surface area (Å²) in [7, 11) is 0. The van der Waals surface area contributed by atoms with Gasteiger partial charge in [0.2, 0.25) is 35.4 Å². The quantitative estimate of drug-likeness (QED) is 0.0723. The van der Waals surface area contributed by atoms with E-state index in [-0.39, 0.29) is 74.4 Å². The number of amides is 6. The van der Waals surface area contributed by atoms with Crippen LogP contribution in [0.4, 0.5) is 0 Å². The second-order valence-corrected chi connectivity index (χ2v) is 22.1. The van der Waals surface area contributed by atoms with Crippen molar-refractivity contribution in [2.24, 2.45) is 34.8 Å². The standard InChI is InChI=1S/C53H75N7O8S/c1-31(2)23-32(3)51(66)60-27-39-24-41(39)46(60)50(65)57-42(21-22-44(54)62)34(5)68-29-37-15-13-35(14-16-37)11-9-10-12-45(63)58-48(53(6,7)8)52(67)59-28-40(61)25-43(59)49(64)55-26-36-17-19-38(20-18-36)47-33(4)56-30-69-47/h13-20,30-32,34,39-43,46,48,61H,9-12,21-29H2,1-8H3,(H2,54,62)(H,55,64)(H,57,65)(H,58,63)/t32-,34+,39+,40+,41+,42-,43-,46-,48+/m0/s1. The van der Waals surface area contributed by atoms with Gasteiger partial charge in [0, 0.05) is 44.8 Å². The molecule has 15 nitrogen and oxygen atoms in total. The topological polar surface area (TPSA) is 213 Å². The number of nitrogens with one attached hydrogen (secondary N) is 3. The highest BCUT2D eigenvalue weighted by atomic mass is 32.1. The van der Waals surface area contributed by atoms with Crippen LogP contribution in [-0.4, -0.2) is 105 Å². The van der Waals surface area contributed by atoms with Crippen molar-refractivity contribution in [3.63, 3.8) is 0 Å². The number of hydrogen-bond donors (Lipinski definition) is 5. The molecule has 2 aromatic carbocycles. The first-order valence-electron chi connectivity index (χ1n) is 24.8. The van der Waals surface area contributed by atoms with E-state index in [1.165, 1.54) is 4.90 Å². The minimum absolute atomic E-state index is 0.00428. The van der Waals surface area contributed by atoms with Gasteiger partial charge in [-0.3, -0.25) is 28.8 Å². The van der Waals surface area contributed by atoms with Crippen molar-refractivity contribution >= 4 is 46.8 Å². The number of aliphatic hydroxyl groups excluding tert-OH is 1. The van der Waals surface area contributed by atoms with Gasteiger partial charge in [-0.2, -0.15) is 0 Å². The van der Waals surface area contributed by atoms with Gasteiger partial charge in [0.15, 0.2) is 0 Å². The van der Waals surface area contributed by atoms with Gasteiger partial charge in [-0.25, -0.2) is 4.98 Å². The third-order valence-electron chi connectivity index (χ3n) is 13.9. The molecule has 6 N–H and O–H groups in total. The first-order chi connectivity index (χ1) is 32.7. The Morgan fingerprint density at radius 3 is 2.17 bits per heavy atom. The number of aryl methyl sites for hydroxylation is 2. The van der Waals surface area contributed by atoms with E-state index < -0.39 is 53.6 Å². The first-order valence-corrected chi connectivity index (χ1v) is 25.7. The molecule has 1 aliphatic carbocycles. The van der Waals surface area contributed by atoms with E-state index in [1.54, 1.807) is 16.2 Å². The fourth-order valence-corrected chi connectivity index (χ4v) is 10.7. The summed E-state index contributed by atoms with van der Waals surface area (Å²) in [5.41, 5.74) is 11.6. The van der Waals surface area contributed by atoms with Crippen LogP contribution in [0.3, 0.4) is 0 Å². The van der Waals surface area contributed by atoms with E-state index in [1.807, 2.05) is 95.6 Å². The SMILES string of the molecule is Cc1ncsc1-c1ccc(CNC(=O)[C@@H]2C[C@@H](O)CN2C(=O)[C@@H](NC(=O)CCCCc2ccc(CO[C@H](C)[C@H](CCC(N)=O)NC(=O)[C@@H]3[C@@H]4C[C@@H]4CN3C(=O)[C@@H](C)CC(C)C)cc2)C(C)(C)C)cc1. The molecule has 6 rings (SSSR count). The second kappa shape index (κ2) is 23.6. The van der Waals surface area contributed by atoms with Crippen LogP contribution in [0.15, 0.2) is 54.0 Å². The van der Waals surface area contributed by atoms with Gasteiger partial charge < -0.3 is 41.3 Å². The van der Waals surface area contributed by atoms with Crippen molar-refractivity contribution in [2.45, 2.75) is 163 Å². The summed E-state index contributed by atoms with van der Waals surface area (Å²) < 4.78 is 6.26. The minimum atomic E-state index is -0.900. The number of fused-ring (bicyclic) bond motifs is 1. The van der Waals surface area contributed by atoms with Crippen LogP contribution < -0.4 is 21.7 Å². The van der Waals surface area contributed by atoms with Gasteiger partial charge in [-0.05, 0) is 97.8 Å². The van der Waals surface area contributed by atoms with Gasteiger partial charge in [0.1, 0.15) is 18.1 Å². The molecule has 2 saturated heterocycles. The monoisotopic (exact) mass is 970 g/mol. The van der Waals surface area contributed by atoms with Crippen LogP contribution in [-0.2, 0) is 53.1 Å². The van der Waals surface area contributed by atoms with Crippen molar-refractivity contribution < 1.29 is 38.6 Å². The maximum atomic E-state index is 14.1. The number of hydrogen-bond acceptors (Lipinski definition) is 10. The summed E-state index contributed by atoms with van der Waals surface area (Å²) in [6.45, 7) is 16.7. The van der Waals surface area contributed by atoms with Gasteiger partial charge in [-0.15, -0.1) is 11.3 Å². The summed E-state index contributed by atoms with van der Waals surface area (Å²) in [5.74, 6) is -0.910. The highest BCUT2D eigenvalue weighted by Gasteiger charge is 2.57. The molecule has 0 radical (unpaired) electrons. The molecular formula is C53H75N7O8S. The van der Waals surface area contributed by atoms with Crippen molar-refractivity contribution in [3.8, 4) is 10.4 Å². The van der Waals surface area contributed by atoms with Crippen molar-refractivity contribution in [1.29, 1.82) is 0 Å². The number of nitrogens with two attached hydrogens (primary N) is 1. The molecule has 1 saturated carbocycles. The van der Waals surface area contributed by atoms with Crippen LogP contribution in [0.1, 0.15) is 122 Å². The maximum absolute atomic E-state index is 14.1. The lowest BCUT2D eigenvalue weighted by Gasteiger charge is -2.35. The number of unbranched alkanes of at least 4 members (excludes halogenated alkanes) is 1. The Morgan fingerprint density at radius 1 is 0.855 bits per heavy atom. The molecular weight excluding hydrogens is 895 g/mol. The van der Waals surface area contributed by atoms with Crippen molar-refractivity contribution in [1.82, 2.24) is 30.7 Å². The Labute approximate surface area is 412 Å². The number of piperidine rings is 1. The lowest BCUT2D eigenvalue weighted by atomic mass is 9.85. The number of rotatable bonds is 23. The zero-order valence-electron chi connectivity index (χ0n) is 41.8. The fraction of sp³-hybridized carbons (Fsp3) is 0.604. The summed E-state index contributed by atoms with van der Waals surface area (Å²) >= 11 is 1.57. The van der Waals surface area contributed by atoms with Gasteiger partial charge in [0.05, 0.1) is 40.9 Å². The van der Waals surface area contributed by atoms with E-state index in [2.05, 4.69) is 34.8 Å². The molecule has 0 spiro atoms. The van der Waals surface area contributed by atoms with Gasteiger partial charge >= 0.3 is 0 Å². The number of aromatic nitrogens is 1. The molecule has 376 valence electrons. The van der Waals surface area contributed by atoms with Crippen LogP contribution in [0.2, 0.25) is 0 Å². The first kappa shape index (κ1) is 53.2. The van der Waals surface area contributed by atoms with Crippen LogP contribution in [0.5, 0.6) is 0 Å². The number of carbonyl (C=O) groups is 6. The Balaban J connectivity index is 0.943. The van der Waals surface area contributed by atoms with Crippen molar-refractivity contribution in [2.75, 3.05) is 13.1 Å². The third kappa shape index (κ3) is 14.4. The molecule has 3 aliphatic rings. The molecule has 0 bridgehead atoms. The molecule has 3 aromatic rings. The number of aliphatic hydroxyl groups is 1. The number of β-amino-alcohol motifs (C(OH)–C–C–N with tert-alkyl or cyclic N) is 1. The summed E-state index contributed by atoms with van der Waals surface area (Å²) in [5, 5.41) is 19.7. The number of primary amides is 1. The number of carbonyl (C=O) groups excluding carboxylic acids is 6. The van der Waals surface area contributed by atoms with E-state index in [9.17, 15) is 33.9 Å². The Morgan fingerprint density at radius 2 is 1.54 bits per heavy atom. The normalized spacial score (nSPS) is 21.6. The smallest absolute Gasteiger partial charge is 0.246 e. The van der Waals surface area contributed by atoms with E-state index >= 15 is 0 Å². The fourth-order valence-electron chi connectivity index (χ4n) is 9.88. The molecule has 6 amide bonds.